The molecule has 1 fully saturated rings. The van der Waals surface area contributed by atoms with Gasteiger partial charge in [-0.25, -0.2) is 13.3 Å². The van der Waals surface area contributed by atoms with Crippen molar-refractivity contribution in [1.82, 2.24) is 9.61 Å². The van der Waals surface area contributed by atoms with Crippen LogP contribution in [0.2, 0.25) is 0 Å². The maximum atomic E-state index is 15.7. The lowest BCUT2D eigenvalue weighted by Crippen LogP contribution is -2.41. The first kappa shape index (κ1) is 27.6. The van der Waals surface area contributed by atoms with Crippen LogP contribution in [0.25, 0.3) is 16.6 Å². The van der Waals surface area contributed by atoms with Crippen molar-refractivity contribution in [3.8, 4) is 22.6 Å². The van der Waals surface area contributed by atoms with Crippen molar-refractivity contribution < 1.29 is 27.9 Å². The Hall–Kier alpha value is -5.58. The van der Waals surface area contributed by atoms with Gasteiger partial charge in [0.1, 0.15) is 16.7 Å². The molecule has 0 bridgehead atoms. The second kappa shape index (κ2) is 10.7. The van der Waals surface area contributed by atoms with Gasteiger partial charge in [-0.3, -0.25) is 19.3 Å². The van der Waals surface area contributed by atoms with E-state index < -0.39 is 28.9 Å². The van der Waals surface area contributed by atoms with Gasteiger partial charge in [0, 0.05) is 42.2 Å². The maximum Gasteiger partial charge on any atom is 0.247 e. The van der Waals surface area contributed by atoms with Crippen LogP contribution >= 0.6 is 0 Å². The van der Waals surface area contributed by atoms with Gasteiger partial charge in [0.05, 0.1) is 11.9 Å². The molecule has 9 nitrogen and oxygen atoms in total. The minimum absolute atomic E-state index is 0.118. The Balaban J connectivity index is 1.36. The lowest BCUT2D eigenvalue weighted by Gasteiger charge is -2.26. The molecule has 11 heteroatoms. The van der Waals surface area contributed by atoms with E-state index in [4.69, 9.17) is 10.5 Å². The summed E-state index contributed by atoms with van der Waals surface area (Å²) in [5.74, 6) is -2.70. The van der Waals surface area contributed by atoms with Gasteiger partial charge in [-0.15, -0.1) is 0 Å². The third kappa shape index (κ3) is 5.16. The molecule has 1 aliphatic carbocycles. The predicted octanol–water partition coefficient (Wildman–Crippen LogP) is 5.96. The zero-order valence-corrected chi connectivity index (χ0v) is 22.9. The molecule has 216 valence electrons. The van der Waals surface area contributed by atoms with E-state index in [9.17, 15) is 18.8 Å². The number of ether oxygens (including phenoxy) is 1. The van der Waals surface area contributed by atoms with Crippen LogP contribution < -0.4 is 20.7 Å². The quantitative estimate of drug-likeness (QED) is 0.219. The molecule has 0 spiro atoms. The zero-order chi connectivity index (χ0) is 30.3. The molecule has 2 aromatic heterocycles. The summed E-state index contributed by atoms with van der Waals surface area (Å²) in [6, 6.07) is 19.7. The second-order valence-corrected chi connectivity index (χ2v) is 10.3. The van der Waals surface area contributed by atoms with E-state index in [1.165, 1.54) is 54.4 Å². The van der Waals surface area contributed by atoms with Crippen LogP contribution in [0.4, 0.5) is 25.8 Å². The van der Waals surface area contributed by atoms with Crippen molar-refractivity contribution in [2.75, 3.05) is 10.2 Å². The molecule has 0 aliphatic heterocycles. The molecule has 1 saturated carbocycles. The summed E-state index contributed by atoms with van der Waals surface area (Å²) in [5, 5.41) is 7.09. The molecular weight excluding hydrogens is 556 g/mol. The largest absolute Gasteiger partial charge is 0.452 e. The van der Waals surface area contributed by atoms with Crippen LogP contribution in [-0.4, -0.2) is 27.3 Å². The second-order valence-electron chi connectivity index (χ2n) is 10.3. The Labute approximate surface area is 244 Å². The molecule has 5 aromatic rings. The van der Waals surface area contributed by atoms with E-state index in [-0.39, 0.29) is 35.9 Å². The summed E-state index contributed by atoms with van der Waals surface area (Å²) < 4.78 is 37.0. The van der Waals surface area contributed by atoms with Gasteiger partial charge in [0.25, 0.3) is 0 Å². The normalized spacial score (nSPS) is 13.4. The molecule has 3 amide bonds. The van der Waals surface area contributed by atoms with E-state index in [0.717, 1.165) is 17.2 Å². The van der Waals surface area contributed by atoms with E-state index in [0.29, 0.717) is 17.0 Å². The lowest BCUT2D eigenvalue weighted by atomic mass is 10.0. The fourth-order valence-corrected chi connectivity index (χ4v) is 5.01. The Bertz CT molecular complexity index is 1900. The molecule has 2 heterocycles. The van der Waals surface area contributed by atoms with Crippen LogP contribution in [0.5, 0.6) is 11.5 Å². The number of amides is 3. The molecule has 0 atom stereocenters. The lowest BCUT2D eigenvalue weighted by molar-refractivity contribution is -0.133. The average molecular weight is 582 g/mol. The Morgan fingerprint density at radius 2 is 1.70 bits per heavy atom. The molecular formula is C32H25F2N5O4. The highest BCUT2D eigenvalue weighted by molar-refractivity contribution is 6.16. The number of fused-ring (bicyclic) bond motifs is 1. The summed E-state index contributed by atoms with van der Waals surface area (Å²) in [6.45, 7) is 1.42. The number of halogens is 2. The zero-order valence-electron chi connectivity index (χ0n) is 22.9. The van der Waals surface area contributed by atoms with E-state index in [2.05, 4.69) is 10.4 Å². The molecule has 0 saturated heterocycles. The van der Waals surface area contributed by atoms with Gasteiger partial charge in [0.15, 0.2) is 17.3 Å². The first-order valence-electron chi connectivity index (χ1n) is 13.4. The minimum atomic E-state index is -1.40. The number of rotatable bonds is 8. The third-order valence-electron chi connectivity index (χ3n) is 7.32. The van der Waals surface area contributed by atoms with Crippen LogP contribution in [0.3, 0.4) is 0 Å². The standard InChI is InChI=1S/C32H25F2N5O4/c1-19(40)37-22-4-2-3-20(17-22)25-12-16-38-29(25)28(11-15-36-38)43-27-10-9-24(18-26(27)34)39(23-7-5-21(33)6-8-23)31(42)32(13-14-32)30(35)41/h2-12,15-18H,13-14H2,1H3,(H2,35,41)(H,37,40). The van der Waals surface area contributed by atoms with Crippen LogP contribution in [0.1, 0.15) is 19.8 Å². The van der Waals surface area contributed by atoms with Crippen molar-refractivity contribution in [3.63, 3.8) is 0 Å². The monoisotopic (exact) mass is 581 g/mol. The van der Waals surface area contributed by atoms with E-state index in [1.807, 2.05) is 18.2 Å². The Morgan fingerprint density at radius 1 is 0.953 bits per heavy atom. The van der Waals surface area contributed by atoms with Gasteiger partial charge in [0.2, 0.25) is 17.7 Å². The first-order valence-corrected chi connectivity index (χ1v) is 13.4. The van der Waals surface area contributed by atoms with Gasteiger partial charge < -0.3 is 15.8 Å². The minimum Gasteiger partial charge on any atom is -0.452 e. The summed E-state index contributed by atoms with van der Waals surface area (Å²) in [7, 11) is 0. The topological polar surface area (TPSA) is 119 Å². The van der Waals surface area contributed by atoms with Crippen LogP contribution in [-0.2, 0) is 14.4 Å². The van der Waals surface area contributed by atoms with Gasteiger partial charge in [-0.05, 0) is 73.0 Å². The molecule has 0 radical (unpaired) electrons. The van der Waals surface area contributed by atoms with E-state index >= 15 is 4.39 Å². The fourth-order valence-electron chi connectivity index (χ4n) is 5.01. The van der Waals surface area contributed by atoms with Crippen molar-refractivity contribution in [2.45, 2.75) is 19.8 Å². The number of primary amides is 1. The number of aromatic nitrogens is 2. The number of hydrogen-bond acceptors (Lipinski definition) is 5. The SMILES string of the molecule is CC(=O)Nc1cccc(-c2ccn3nccc(Oc4ccc(N(C(=O)C5(C(N)=O)CC5)c5ccc(F)cc5)cc4F)c23)c1. The number of carbonyl (C=O) groups is 3. The molecule has 6 rings (SSSR count). The fraction of sp³-hybridized carbons (Fsp3) is 0.125. The number of hydrogen-bond donors (Lipinski definition) is 2. The van der Waals surface area contributed by atoms with Crippen molar-refractivity contribution in [3.05, 3.63) is 103 Å². The maximum absolute atomic E-state index is 15.7. The van der Waals surface area contributed by atoms with Crippen molar-refractivity contribution >= 4 is 40.3 Å². The summed E-state index contributed by atoms with van der Waals surface area (Å²) in [6.07, 6.45) is 3.79. The first-order chi connectivity index (χ1) is 20.7. The van der Waals surface area contributed by atoms with E-state index in [1.54, 1.807) is 28.9 Å². The Morgan fingerprint density at radius 3 is 2.37 bits per heavy atom. The number of nitrogens with two attached hydrogens (primary N) is 1. The third-order valence-corrected chi connectivity index (χ3v) is 7.32. The number of nitrogens with zero attached hydrogens (tertiary/aromatic N) is 3. The molecule has 0 unspecified atom stereocenters. The summed E-state index contributed by atoms with van der Waals surface area (Å²) in [4.78, 5) is 38.4. The Kier molecular flexibility index (Phi) is 6.85. The van der Waals surface area contributed by atoms with Crippen molar-refractivity contribution in [1.29, 1.82) is 0 Å². The summed E-state index contributed by atoms with van der Waals surface area (Å²) >= 11 is 0. The highest BCUT2D eigenvalue weighted by Gasteiger charge is 2.57. The van der Waals surface area contributed by atoms with Gasteiger partial charge >= 0.3 is 0 Å². The number of benzene rings is 3. The average Bonchev–Trinajstić information content (AvgIpc) is 3.68. The predicted molar refractivity (Wildman–Crippen MR) is 156 cm³/mol. The van der Waals surface area contributed by atoms with Gasteiger partial charge in [-0.1, -0.05) is 12.1 Å². The number of carbonyl (C=O) groups excluding carboxylic acids is 3. The van der Waals surface area contributed by atoms with Crippen LogP contribution in [0.15, 0.2) is 91.3 Å². The number of nitrogens with one attached hydrogen (secondary N) is 1. The molecule has 3 aromatic carbocycles. The summed E-state index contributed by atoms with van der Waals surface area (Å²) in [5.41, 5.74) is 7.21. The smallest absolute Gasteiger partial charge is 0.247 e. The van der Waals surface area contributed by atoms with Crippen LogP contribution in [0, 0.1) is 17.0 Å². The molecule has 43 heavy (non-hydrogen) atoms. The highest BCUT2D eigenvalue weighted by atomic mass is 19.1. The number of anilines is 3. The van der Waals surface area contributed by atoms with Gasteiger partial charge in [-0.2, -0.15) is 5.10 Å². The molecule has 3 N–H and O–H groups in total. The molecule has 1 aliphatic rings. The highest BCUT2D eigenvalue weighted by Crippen LogP contribution is 2.49. The van der Waals surface area contributed by atoms with Crippen molar-refractivity contribution in [2.24, 2.45) is 11.1 Å².